The first kappa shape index (κ1) is 19.6. The molecule has 0 spiro atoms. The molecule has 0 bridgehead atoms. The molecule has 30 heavy (non-hydrogen) atoms. The lowest BCUT2D eigenvalue weighted by atomic mass is 9.95. The van der Waals surface area contributed by atoms with Crippen LogP contribution in [0.2, 0.25) is 0 Å². The number of benzene rings is 3. The summed E-state index contributed by atoms with van der Waals surface area (Å²) in [5, 5.41) is 2.72. The van der Waals surface area contributed by atoms with Gasteiger partial charge in [0, 0.05) is 11.3 Å². The predicted molar refractivity (Wildman–Crippen MR) is 107 cm³/mol. The largest absolute Gasteiger partial charge is 0.496 e. The summed E-state index contributed by atoms with van der Waals surface area (Å²) in [4.78, 5) is 27.4. The van der Waals surface area contributed by atoms with Crippen LogP contribution in [-0.2, 0) is 4.79 Å². The highest BCUT2D eigenvalue weighted by Crippen LogP contribution is 2.37. The summed E-state index contributed by atoms with van der Waals surface area (Å²) < 4.78 is 33.0. The summed E-state index contributed by atoms with van der Waals surface area (Å²) in [5.41, 5.74) is 1.60. The second-order valence-corrected chi connectivity index (χ2v) is 6.87. The third-order valence-electron chi connectivity index (χ3n) is 4.99. The molecule has 1 unspecified atom stereocenters. The van der Waals surface area contributed by atoms with Crippen molar-refractivity contribution in [2.75, 3.05) is 19.0 Å². The molecule has 1 heterocycles. The third-order valence-corrected chi connectivity index (χ3v) is 4.99. The van der Waals surface area contributed by atoms with Gasteiger partial charge in [-0.1, -0.05) is 24.3 Å². The molecule has 3 aromatic carbocycles. The fraction of sp³-hybridized carbons (Fsp3) is 0.130. The van der Waals surface area contributed by atoms with Gasteiger partial charge in [0.25, 0.3) is 5.91 Å². The average molecular weight is 408 g/mol. The summed E-state index contributed by atoms with van der Waals surface area (Å²) in [6.07, 6.45) is 0. The van der Waals surface area contributed by atoms with Crippen molar-refractivity contribution in [3.05, 3.63) is 95.1 Å². The SMILES string of the molecule is COc1ccccc1C(=O)N1CC(=O)Nc2ccc(F)cc2C1c1ccc(F)cc1. The van der Waals surface area contributed by atoms with Gasteiger partial charge in [0.1, 0.15) is 23.9 Å². The molecule has 0 saturated carbocycles. The van der Waals surface area contributed by atoms with E-state index in [2.05, 4.69) is 5.32 Å². The Balaban J connectivity index is 1.91. The molecule has 2 amide bonds. The van der Waals surface area contributed by atoms with Crippen molar-refractivity contribution in [2.45, 2.75) is 6.04 Å². The zero-order valence-electron chi connectivity index (χ0n) is 16.1. The number of anilines is 1. The Morgan fingerprint density at radius 3 is 2.47 bits per heavy atom. The Morgan fingerprint density at radius 2 is 1.73 bits per heavy atom. The summed E-state index contributed by atoms with van der Waals surface area (Å²) >= 11 is 0. The van der Waals surface area contributed by atoms with E-state index in [4.69, 9.17) is 4.74 Å². The maximum absolute atomic E-state index is 14.2. The van der Waals surface area contributed by atoms with E-state index in [9.17, 15) is 18.4 Å². The van der Waals surface area contributed by atoms with E-state index in [-0.39, 0.29) is 12.1 Å². The number of fused-ring (bicyclic) bond motifs is 1. The van der Waals surface area contributed by atoms with Gasteiger partial charge in [-0.15, -0.1) is 0 Å². The van der Waals surface area contributed by atoms with Crippen LogP contribution in [0.5, 0.6) is 5.75 Å². The lowest BCUT2D eigenvalue weighted by Crippen LogP contribution is -2.39. The number of carbonyl (C=O) groups is 2. The number of hydrogen-bond donors (Lipinski definition) is 1. The van der Waals surface area contributed by atoms with E-state index < -0.39 is 29.5 Å². The van der Waals surface area contributed by atoms with Gasteiger partial charge >= 0.3 is 0 Å². The first-order chi connectivity index (χ1) is 14.5. The second-order valence-electron chi connectivity index (χ2n) is 6.87. The van der Waals surface area contributed by atoms with Crippen LogP contribution in [0.15, 0.2) is 66.7 Å². The van der Waals surface area contributed by atoms with Crippen LogP contribution in [0.25, 0.3) is 0 Å². The van der Waals surface area contributed by atoms with Crippen molar-refractivity contribution >= 4 is 17.5 Å². The molecule has 0 saturated heterocycles. The molecular weight excluding hydrogens is 390 g/mol. The molecule has 1 aliphatic heterocycles. The zero-order valence-corrected chi connectivity index (χ0v) is 16.1. The number of para-hydroxylation sites is 1. The Bertz CT molecular complexity index is 1120. The second kappa shape index (κ2) is 7.94. The minimum absolute atomic E-state index is 0.264. The normalized spacial score (nSPS) is 15.8. The minimum Gasteiger partial charge on any atom is -0.496 e. The molecule has 0 radical (unpaired) electrons. The van der Waals surface area contributed by atoms with Gasteiger partial charge in [0.15, 0.2) is 0 Å². The van der Waals surface area contributed by atoms with Crippen molar-refractivity contribution < 1.29 is 23.1 Å². The standard InChI is InChI=1S/C23H18F2N2O3/c1-30-20-5-3-2-4-17(20)23(29)27-13-21(28)26-19-11-10-16(25)12-18(19)22(27)14-6-8-15(24)9-7-14/h2-12,22H,13H2,1H3,(H,26,28). The summed E-state index contributed by atoms with van der Waals surface area (Å²) in [7, 11) is 1.45. The lowest BCUT2D eigenvalue weighted by Gasteiger charge is -2.31. The van der Waals surface area contributed by atoms with Crippen LogP contribution in [0.1, 0.15) is 27.5 Å². The number of nitrogens with one attached hydrogen (secondary N) is 1. The minimum atomic E-state index is -0.812. The molecule has 3 aromatic rings. The molecule has 1 aliphatic rings. The third kappa shape index (κ3) is 3.61. The predicted octanol–water partition coefficient (Wildman–Crippen LogP) is 4.16. The lowest BCUT2D eigenvalue weighted by molar-refractivity contribution is -0.117. The van der Waals surface area contributed by atoms with E-state index in [0.717, 1.165) is 0 Å². The smallest absolute Gasteiger partial charge is 0.258 e. The van der Waals surface area contributed by atoms with Gasteiger partial charge in [-0.05, 0) is 48.0 Å². The van der Waals surface area contributed by atoms with Gasteiger partial charge in [-0.3, -0.25) is 9.59 Å². The first-order valence-electron chi connectivity index (χ1n) is 9.26. The van der Waals surface area contributed by atoms with Gasteiger partial charge in [-0.25, -0.2) is 8.78 Å². The molecule has 4 rings (SSSR count). The average Bonchev–Trinajstić information content (AvgIpc) is 2.89. The Labute approximate surface area is 171 Å². The molecule has 7 heteroatoms. The van der Waals surface area contributed by atoms with E-state index in [1.807, 2.05) is 0 Å². The topological polar surface area (TPSA) is 58.6 Å². The molecule has 1 atom stereocenters. The van der Waals surface area contributed by atoms with Crippen LogP contribution in [0.3, 0.4) is 0 Å². The molecule has 0 aromatic heterocycles. The highest BCUT2D eigenvalue weighted by atomic mass is 19.1. The molecule has 152 valence electrons. The Hall–Kier alpha value is -3.74. The molecule has 5 nitrogen and oxygen atoms in total. The van der Waals surface area contributed by atoms with Crippen LogP contribution >= 0.6 is 0 Å². The van der Waals surface area contributed by atoms with Crippen molar-refractivity contribution in [1.82, 2.24) is 4.90 Å². The highest BCUT2D eigenvalue weighted by molar-refractivity contribution is 6.02. The van der Waals surface area contributed by atoms with Crippen molar-refractivity contribution in [2.24, 2.45) is 0 Å². The molecule has 1 N–H and O–H groups in total. The number of nitrogens with zero attached hydrogens (tertiary/aromatic N) is 1. The number of amides is 2. The Kier molecular flexibility index (Phi) is 5.18. The number of hydrogen-bond acceptors (Lipinski definition) is 3. The van der Waals surface area contributed by atoms with Crippen LogP contribution < -0.4 is 10.1 Å². The quantitative estimate of drug-likeness (QED) is 0.708. The summed E-state index contributed by atoms with van der Waals surface area (Å²) in [6, 6.07) is 15.4. The number of halogens is 2. The number of rotatable bonds is 3. The van der Waals surface area contributed by atoms with Crippen molar-refractivity contribution in [3.63, 3.8) is 0 Å². The number of carbonyl (C=O) groups excluding carboxylic acids is 2. The zero-order chi connectivity index (χ0) is 21.3. The van der Waals surface area contributed by atoms with Gasteiger partial charge in [-0.2, -0.15) is 0 Å². The van der Waals surface area contributed by atoms with E-state index >= 15 is 0 Å². The van der Waals surface area contributed by atoms with Gasteiger partial charge < -0.3 is 15.0 Å². The summed E-state index contributed by atoms with van der Waals surface area (Å²) in [6.45, 7) is -0.269. The van der Waals surface area contributed by atoms with E-state index in [1.165, 1.54) is 54.5 Å². The molecular formula is C23H18F2N2O3. The van der Waals surface area contributed by atoms with Crippen molar-refractivity contribution in [3.8, 4) is 5.75 Å². The van der Waals surface area contributed by atoms with Crippen LogP contribution in [0, 0.1) is 11.6 Å². The maximum atomic E-state index is 14.2. The van der Waals surface area contributed by atoms with E-state index in [1.54, 1.807) is 24.3 Å². The summed E-state index contributed by atoms with van der Waals surface area (Å²) in [5.74, 6) is -1.49. The van der Waals surface area contributed by atoms with Crippen LogP contribution in [0.4, 0.5) is 14.5 Å². The number of ether oxygens (including phenoxy) is 1. The highest BCUT2D eigenvalue weighted by Gasteiger charge is 2.35. The first-order valence-corrected chi connectivity index (χ1v) is 9.26. The van der Waals surface area contributed by atoms with E-state index in [0.29, 0.717) is 22.6 Å². The molecule has 0 aliphatic carbocycles. The molecule has 0 fully saturated rings. The monoisotopic (exact) mass is 408 g/mol. The Morgan fingerprint density at radius 1 is 1.03 bits per heavy atom. The van der Waals surface area contributed by atoms with Gasteiger partial charge in [0.05, 0.1) is 18.7 Å². The fourth-order valence-corrected chi connectivity index (χ4v) is 3.65. The van der Waals surface area contributed by atoms with Crippen LogP contribution in [-0.4, -0.2) is 30.4 Å². The van der Waals surface area contributed by atoms with Crippen molar-refractivity contribution in [1.29, 1.82) is 0 Å². The number of methoxy groups -OCH3 is 1. The fourth-order valence-electron chi connectivity index (χ4n) is 3.65. The van der Waals surface area contributed by atoms with Gasteiger partial charge in [0.2, 0.25) is 5.91 Å². The maximum Gasteiger partial charge on any atom is 0.258 e.